The number of halogens is 5. The molecule has 10 nitrogen and oxygen atoms in total. The van der Waals surface area contributed by atoms with E-state index < -0.39 is 30.6 Å². The first kappa shape index (κ1) is 25.8. The summed E-state index contributed by atoms with van der Waals surface area (Å²) in [6.07, 6.45) is -5.96. The molecule has 0 aliphatic carbocycles. The largest absolute Gasteiger partial charge is 0.416 e. The monoisotopic (exact) mass is 543 g/mol. The Hall–Kier alpha value is -3.26. The van der Waals surface area contributed by atoms with Gasteiger partial charge in [-0.1, -0.05) is 23.2 Å². The van der Waals surface area contributed by atoms with Gasteiger partial charge in [-0.05, 0) is 37.3 Å². The van der Waals surface area contributed by atoms with Gasteiger partial charge >= 0.3 is 11.9 Å². The second-order valence-electron chi connectivity index (χ2n) is 7.77. The molecule has 4 rings (SSSR count). The molecule has 0 fully saturated rings. The third kappa shape index (κ3) is 5.43. The van der Waals surface area contributed by atoms with Crippen molar-refractivity contribution >= 4 is 23.2 Å². The molecule has 4 aromatic rings. The standard InChI is InChI=1S/C21H18Cl2F3N7O3/c1-11(34)18-28-17(29-33(18)15-6-14(23)7-27-8-15)10-32-20(36)31(9-16(35)21(24,25)26)19(30-32)12-2-4-13(22)5-3-12/h2-8,11,16,34-35H,9-10H2,1H3. The summed E-state index contributed by atoms with van der Waals surface area (Å²) in [5.41, 5.74) is -0.231. The molecule has 3 aromatic heterocycles. The quantitative estimate of drug-likeness (QED) is 0.367. The number of nitrogens with zero attached hydrogens (tertiary/aromatic N) is 7. The number of aliphatic hydroxyl groups is 2. The van der Waals surface area contributed by atoms with Crippen molar-refractivity contribution in [3.05, 3.63) is 74.9 Å². The van der Waals surface area contributed by atoms with Gasteiger partial charge in [-0.2, -0.15) is 13.2 Å². The summed E-state index contributed by atoms with van der Waals surface area (Å²) in [7, 11) is 0. The fraction of sp³-hybridized carbons (Fsp3) is 0.286. The van der Waals surface area contributed by atoms with Crippen LogP contribution in [-0.2, 0) is 13.1 Å². The Bertz CT molecular complexity index is 1430. The molecule has 0 amide bonds. The van der Waals surface area contributed by atoms with Crippen LogP contribution in [0.3, 0.4) is 0 Å². The molecule has 0 bridgehead atoms. The van der Waals surface area contributed by atoms with Crippen molar-refractivity contribution in [2.45, 2.75) is 38.4 Å². The van der Waals surface area contributed by atoms with Crippen molar-refractivity contribution in [1.29, 1.82) is 0 Å². The van der Waals surface area contributed by atoms with Gasteiger partial charge in [0.25, 0.3) is 0 Å². The lowest BCUT2D eigenvalue weighted by molar-refractivity contribution is -0.207. The van der Waals surface area contributed by atoms with E-state index in [4.69, 9.17) is 23.2 Å². The van der Waals surface area contributed by atoms with Crippen LogP contribution in [0.2, 0.25) is 10.0 Å². The summed E-state index contributed by atoms with van der Waals surface area (Å²) in [6, 6.07) is 7.48. The van der Waals surface area contributed by atoms with Gasteiger partial charge < -0.3 is 10.2 Å². The maximum Gasteiger partial charge on any atom is 0.416 e. The van der Waals surface area contributed by atoms with Crippen LogP contribution in [0.4, 0.5) is 13.2 Å². The van der Waals surface area contributed by atoms with Crippen LogP contribution >= 0.6 is 23.2 Å². The normalized spacial score (nSPS) is 13.7. The van der Waals surface area contributed by atoms with Crippen molar-refractivity contribution in [2.75, 3.05) is 0 Å². The first-order valence-corrected chi connectivity index (χ1v) is 11.1. The van der Waals surface area contributed by atoms with E-state index in [2.05, 4.69) is 20.2 Å². The van der Waals surface area contributed by atoms with Gasteiger partial charge in [0, 0.05) is 16.8 Å². The van der Waals surface area contributed by atoms with Gasteiger partial charge in [-0.15, -0.1) is 10.2 Å². The number of aliphatic hydroxyl groups excluding tert-OH is 2. The van der Waals surface area contributed by atoms with Crippen LogP contribution in [-0.4, -0.2) is 56.6 Å². The second-order valence-corrected chi connectivity index (χ2v) is 8.65. The molecule has 0 spiro atoms. The summed E-state index contributed by atoms with van der Waals surface area (Å²) >= 11 is 11.9. The average Bonchev–Trinajstić information content (AvgIpc) is 3.36. The lowest BCUT2D eigenvalue weighted by atomic mass is 10.2. The van der Waals surface area contributed by atoms with Crippen LogP contribution in [0.25, 0.3) is 17.1 Å². The summed E-state index contributed by atoms with van der Waals surface area (Å²) < 4.78 is 42.0. The predicted octanol–water partition coefficient (Wildman–Crippen LogP) is 3.02. The van der Waals surface area contributed by atoms with Crippen LogP contribution < -0.4 is 5.69 Å². The molecule has 0 aliphatic rings. The minimum Gasteiger partial charge on any atom is -0.385 e. The van der Waals surface area contributed by atoms with E-state index in [1.807, 2.05) is 0 Å². The molecule has 36 heavy (non-hydrogen) atoms. The second kappa shape index (κ2) is 10.0. The number of benzene rings is 1. The number of aromatic nitrogens is 7. The molecule has 0 aliphatic heterocycles. The van der Waals surface area contributed by atoms with Gasteiger partial charge in [0.05, 0.1) is 23.5 Å². The molecule has 0 saturated heterocycles. The molecule has 2 unspecified atom stereocenters. The van der Waals surface area contributed by atoms with E-state index >= 15 is 0 Å². The number of hydrogen-bond donors (Lipinski definition) is 2. The molecule has 15 heteroatoms. The molecule has 2 N–H and O–H groups in total. The molecule has 0 saturated carbocycles. The minimum absolute atomic E-state index is 0.0386. The SMILES string of the molecule is CC(O)c1nc(Cn2nc(-c3ccc(Cl)cc3)n(CC(O)C(F)(F)F)c2=O)nn1-c1cncc(Cl)c1. The molecular formula is C21H18Cl2F3N7O3. The zero-order chi connectivity index (χ0) is 26.2. The predicted molar refractivity (Wildman–Crippen MR) is 123 cm³/mol. The molecule has 3 heterocycles. The Labute approximate surface area is 211 Å². The highest BCUT2D eigenvalue weighted by Crippen LogP contribution is 2.24. The van der Waals surface area contributed by atoms with Gasteiger partial charge in [0.15, 0.2) is 23.6 Å². The van der Waals surface area contributed by atoms with E-state index in [0.29, 0.717) is 21.3 Å². The summed E-state index contributed by atoms with van der Waals surface area (Å²) in [6.45, 7) is 0.0465. The van der Waals surface area contributed by atoms with Gasteiger partial charge in [0.2, 0.25) is 0 Å². The van der Waals surface area contributed by atoms with E-state index in [-0.39, 0.29) is 24.0 Å². The van der Waals surface area contributed by atoms with Crippen molar-refractivity contribution in [3.63, 3.8) is 0 Å². The first-order valence-electron chi connectivity index (χ1n) is 10.4. The molecular weight excluding hydrogens is 526 g/mol. The summed E-state index contributed by atoms with van der Waals surface area (Å²) in [5.74, 6) is 0.0396. The first-order chi connectivity index (χ1) is 16.9. The zero-order valence-corrected chi connectivity index (χ0v) is 19.9. The highest BCUT2D eigenvalue weighted by Gasteiger charge is 2.39. The molecule has 1 aromatic carbocycles. The van der Waals surface area contributed by atoms with Crippen LogP contribution in [0.5, 0.6) is 0 Å². The number of alkyl halides is 3. The van der Waals surface area contributed by atoms with E-state index in [1.165, 1.54) is 54.3 Å². The topological polar surface area (TPSA) is 124 Å². The van der Waals surface area contributed by atoms with Crippen molar-refractivity contribution in [1.82, 2.24) is 34.1 Å². The summed E-state index contributed by atoms with van der Waals surface area (Å²) in [4.78, 5) is 21.3. The smallest absolute Gasteiger partial charge is 0.385 e. The summed E-state index contributed by atoms with van der Waals surface area (Å²) in [5, 5.41) is 28.9. The average molecular weight is 544 g/mol. The lowest BCUT2D eigenvalue weighted by Crippen LogP contribution is -2.37. The number of hydrogen-bond acceptors (Lipinski definition) is 7. The Morgan fingerprint density at radius 2 is 1.75 bits per heavy atom. The Morgan fingerprint density at radius 3 is 2.36 bits per heavy atom. The van der Waals surface area contributed by atoms with Gasteiger partial charge in [-0.3, -0.25) is 9.55 Å². The van der Waals surface area contributed by atoms with E-state index in [1.54, 1.807) is 0 Å². The molecule has 2 atom stereocenters. The van der Waals surface area contributed by atoms with Crippen molar-refractivity contribution in [2.24, 2.45) is 0 Å². The Kier molecular flexibility index (Phi) is 7.18. The lowest BCUT2D eigenvalue weighted by Gasteiger charge is -2.15. The van der Waals surface area contributed by atoms with Crippen molar-refractivity contribution < 1.29 is 23.4 Å². The maximum atomic E-state index is 13.1. The van der Waals surface area contributed by atoms with Crippen LogP contribution in [0.1, 0.15) is 24.7 Å². The van der Waals surface area contributed by atoms with Gasteiger partial charge in [0.1, 0.15) is 12.6 Å². The number of pyridine rings is 1. The van der Waals surface area contributed by atoms with Gasteiger partial charge in [-0.25, -0.2) is 19.1 Å². The third-order valence-electron chi connectivity index (χ3n) is 5.03. The highest BCUT2D eigenvalue weighted by atomic mass is 35.5. The number of rotatable bonds is 7. The Balaban J connectivity index is 1.77. The fourth-order valence-corrected chi connectivity index (χ4v) is 3.64. The molecule has 190 valence electrons. The Morgan fingerprint density at radius 1 is 1.06 bits per heavy atom. The van der Waals surface area contributed by atoms with Crippen LogP contribution in [0, 0.1) is 0 Å². The minimum atomic E-state index is -4.95. The molecule has 0 radical (unpaired) electrons. The van der Waals surface area contributed by atoms with E-state index in [9.17, 15) is 28.2 Å². The van der Waals surface area contributed by atoms with Crippen molar-refractivity contribution in [3.8, 4) is 17.1 Å². The highest BCUT2D eigenvalue weighted by molar-refractivity contribution is 6.30. The zero-order valence-electron chi connectivity index (χ0n) is 18.4. The third-order valence-corrected chi connectivity index (χ3v) is 5.49. The van der Waals surface area contributed by atoms with Crippen LogP contribution in [0.15, 0.2) is 47.5 Å². The fourth-order valence-electron chi connectivity index (χ4n) is 3.34. The van der Waals surface area contributed by atoms with E-state index in [0.717, 1.165) is 9.25 Å². The maximum absolute atomic E-state index is 13.1.